The number of rotatable bonds is 6. The molecule has 7 nitrogen and oxygen atoms in total. The Hall–Kier alpha value is -3.35. The number of nitrogens with zero attached hydrogens (tertiary/aromatic N) is 4. The van der Waals surface area contributed by atoms with Crippen LogP contribution in [0.25, 0.3) is 11.4 Å². The van der Waals surface area contributed by atoms with Gasteiger partial charge in [-0.15, -0.1) is 10.2 Å². The summed E-state index contributed by atoms with van der Waals surface area (Å²) in [6, 6.07) is 15.7. The SMILES string of the molecule is CC(C)OC(=O)c1cccc(-c2nnn(CC(=O)c3ccccc3)n2)c1. The monoisotopic (exact) mass is 350 g/mol. The standard InChI is InChI=1S/C19H18N4O3/c1-13(2)26-19(25)16-10-6-9-15(11-16)18-20-22-23(21-18)12-17(24)14-7-4-3-5-8-14/h3-11,13H,12H2,1-2H3. The lowest BCUT2D eigenvalue weighted by atomic mass is 10.1. The number of benzene rings is 2. The highest BCUT2D eigenvalue weighted by molar-refractivity contribution is 5.95. The molecule has 0 spiro atoms. The molecular weight excluding hydrogens is 332 g/mol. The van der Waals surface area contributed by atoms with Crippen LogP contribution in [0, 0.1) is 0 Å². The van der Waals surface area contributed by atoms with Crippen molar-refractivity contribution in [3.05, 3.63) is 65.7 Å². The average Bonchev–Trinajstić information content (AvgIpc) is 3.10. The van der Waals surface area contributed by atoms with Crippen molar-refractivity contribution < 1.29 is 14.3 Å². The molecule has 0 N–H and O–H groups in total. The topological polar surface area (TPSA) is 87.0 Å². The van der Waals surface area contributed by atoms with Gasteiger partial charge >= 0.3 is 5.97 Å². The maximum absolute atomic E-state index is 12.2. The van der Waals surface area contributed by atoms with Crippen LogP contribution in [0.15, 0.2) is 54.6 Å². The molecule has 0 aliphatic heterocycles. The Morgan fingerprint density at radius 1 is 1.04 bits per heavy atom. The van der Waals surface area contributed by atoms with E-state index >= 15 is 0 Å². The van der Waals surface area contributed by atoms with E-state index in [2.05, 4.69) is 15.4 Å². The number of carbonyl (C=O) groups excluding carboxylic acids is 2. The van der Waals surface area contributed by atoms with Gasteiger partial charge in [0, 0.05) is 11.1 Å². The molecule has 1 heterocycles. The number of tetrazole rings is 1. The van der Waals surface area contributed by atoms with Crippen LogP contribution in [0.4, 0.5) is 0 Å². The third kappa shape index (κ3) is 4.18. The second-order valence-corrected chi connectivity index (χ2v) is 5.97. The molecule has 0 fully saturated rings. The van der Waals surface area contributed by atoms with Gasteiger partial charge in [-0.25, -0.2) is 4.79 Å². The molecule has 0 bridgehead atoms. The van der Waals surface area contributed by atoms with Gasteiger partial charge in [-0.2, -0.15) is 4.80 Å². The summed E-state index contributed by atoms with van der Waals surface area (Å²) in [6.45, 7) is 3.57. The Labute approximate surface area is 150 Å². The first-order chi connectivity index (χ1) is 12.5. The molecular formula is C19H18N4O3. The van der Waals surface area contributed by atoms with Crippen LogP contribution in [0.1, 0.15) is 34.6 Å². The van der Waals surface area contributed by atoms with Crippen molar-refractivity contribution in [3.8, 4) is 11.4 Å². The molecule has 0 amide bonds. The van der Waals surface area contributed by atoms with E-state index in [4.69, 9.17) is 4.74 Å². The number of hydrogen-bond donors (Lipinski definition) is 0. The Balaban J connectivity index is 1.75. The highest BCUT2D eigenvalue weighted by Gasteiger charge is 2.14. The second kappa shape index (κ2) is 7.69. The molecule has 132 valence electrons. The number of carbonyl (C=O) groups is 2. The fourth-order valence-corrected chi connectivity index (χ4v) is 2.34. The summed E-state index contributed by atoms with van der Waals surface area (Å²) in [5.41, 5.74) is 1.62. The highest BCUT2D eigenvalue weighted by Crippen LogP contribution is 2.16. The van der Waals surface area contributed by atoms with E-state index in [1.54, 1.807) is 62.4 Å². The molecule has 0 radical (unpaired) electrons. The summed E-state index contributed by atoms with van der Waals surface area (Å²) in [7, 11) is 0. The minimum absolute atomic E-state index is 0.00784. The van der Waals surface area contributed by atoms with E-state index in [0.29, 0.717) is 22.5 Å². The van der Waals surface area contributed by atoms with Crippen LogP contribution < -0.4 is 0 Å². The maximum atomic E-state index is 12.2. The Morgan fingerprint density at radius 3 is 2.50 bits per heavy atom. The lowest BCUT2D eigenvalue weighted by molar-refractivity contribution is 0.0378. The lowest BCUT2D eigenvalue weighted by Crippen LogP contribution is -2.13. The van der Waals surface area contributed by atoms with Crippen LogP contribution >= 0.6 is 0 Å². The summed E-state index contributed by atoms with van der Waals surface area (Å²) in [4.78, 5) is 25.5. The predicted octanol–water partition coefficient (Wildman–Crippen LogP) is 2.79. The van der Waals surface area contributed by atoms with Gasteiger partial charge < -0.3 is 4.74 Å². The van der Waals surface area contributed by atoms with Crippen molar-refractivity contribution in [3.63, 3.8) is 0 Å². The molecule has 0 aliphatic carbocycles. The summed E-state index contributed by atoms with van der Waals surface area (Å²) < 4.78 is 5.19. The van der Waals surface area contributed by atoms with Crippen molar-refractivity contribution >= 4 is 11.8 Å². The van der Waals surface area contributed by atoms with Crippen molar-refractivity contribution in [1.29, 1.82) is 0 Å². The van der Waals surface area contributed by atoms with E-state index in [0.717, 1.165) is 0 Å². The van der Waals surface area contributed by atoms with Crippen LogP contribution in [0.5, 0.6) is 0 Å². The quantitative estimate of drug-likeness (QED) is 0.502. The van der Waals surface area contributed by atoms with Gasteiger partial charge in [0.05, 0.1) is 11.7 Å². The molecule has 0 saturated heterocycles. The third-order valence-electron chi connectivity index (χ3n) is 3.53. The molecule has 7 heteroatoms. The smallest absolute Gasteiger partial charge is 0.338 e. The minimum Gasteiger partial charge on any atom is -0.459 e. The largest absolute Gasteiger partial charge is 0.459 e. The molecule has 0 saturated carbocycles. The predicted molar refractivity (Wildman–Crippen MR) is 94.6 cm³/mol. The molecule has 0 aliphatic rings. The van der Waals surface area contributed by atoms with Crippen molar-refractivity contribution in [2.24, 2.45) is 0 Å². The average molecular weight is 350 g/mol. The van der Waals surface area contributed by atoms with Gasteiger partial charge in [0.25, 0.3) is 0 Å². The number of ketones is 1. The highest BCUT2D eigenvalue weighted by atomic mass is 16.5. The summed E-state index contributed by atoms with van der Waals surface area (Å²) in [5, 5.41) is 12.1. The summed E-state index contributed by atoms with van der Waals surface area (Å²) in [5.74, 6) is -0.178. The van der Waals surface area contributed by atoms with Gasteiger partial charge in [0.2, 0.25) is 5.82 Å². The minimum atomic E-state index is -0.409. The third-order valence-corrected chi connectivity index (χ3v) is 3.53. The van der Waals surface area contributed by atoms with Crippen molar-refractivity contribution in [1.82, 2.24) is 20.2 Å². The van der Waals surface area contributed by atoms with Crippen molar-refractivity contribution in [2.75, 3.05) is 0 Å². The molecule has 0 unspecified atom stereocenters. The molecule has 3 rings (SSSR count). The summed E-state index contributed by atoms with van der Waals surface area (Å²) >= 11 is 0. The molecule has 0 atom stereocenters. The van der Waals surface area contributed by atoms with Crippen LogP contribution in [-0.4, -0.2) is 38.1 Å². The maximum Gasteiger partial charge on any atom is 0.338 e. The Morgan fingerprint density at radius 2 is 1.77 bits per heavy atom. The Bertz CT molecular complexity index is 919. The fraction of sp³-hybridized carbons (Fsp3) is 0.211. The van der Waals surface area contributed by atoms with E-state index < -0.39 is 5.97 Å². The first-order valence-electron chi connectivity index (χ1n) is 8.20. The van der Waals surface area contributed by atoms with Crippen molar-refractivity contribution in [2.45, 2.75) is 26.5 Å². The Kier molecular flexibility index (Phi) is 5.17. The molecule has 1 aromatic heterocycles. The normalized spacial score (nSPS) is 10.7. The zero-order chi connectivity index (χ0) is 18.5. The number of esters is 1. The first-order valence-corrected chi connectivity index (χ1v) is 8.20. The van der Waals surface area contributed by atoms with E-state index in [-0.39, 0.29) is 18.4 Å². The van der Waals surface area contributed by atoms with Gasteiger partial charge in [-0.1, -0.05) is 42.5 Å². The van der Waals surface area contributed by atoms with Gasteiger partial charge in [0.1, 0.15) is 6.54 Å². The number of ether oxygens (including phenoxy) is 1. The summed E-state index contributed by atoms with van der Waals surface area (Å²) in [6.07, 6.45) is -0.200. The zero-order valence-corrected chi connectivity index (χ0v) is 14.5. The van der Waals surface area contributed by atoms with Gasteiger partial charge in [0.15, 0.2) is 5.78 Å². The fourth-order valence-electron chi connectivity index (χ4n) is 2.34. The second-order valence-electron chi connectivity index (χ2n) is 5.97. The van der Waals surface area contributed by atoms with E-state index in [9.17, 15) is 9.59 Å². The molecule has 26 heavy (non-hydrogen) atoms. The van der Waals surface area contributed by atoms with E-state index in [1.807, 2.05) is 6.07 Å². The zero-order valence-electron chi connectivity index (χ0n) is 14.5. The number of hydrogen-bond acceptors (Lipinski definition) is 6. The van der Waals surface area contributed by atoms with Crippen LogP contribution in [0.3, 0.4) is 0 Å². The van der Waals surface area contributed by atoms with Gasteiger partial charge in [-0.3, -0.25) is 4.79 Å². The first kappa shape index (κ1) is 17.5. The number of aromatic nitrogens is 4. The van der Waals surface area contributed by atoms with E-state index in [1.165, 1.54) is 4.80 Å². The number of Topliss-reactive ketones (excluding diaryl/α,β-unsaturated/α-hetero) is 1. The van der Waals surface area contributed by atoms with Gasteiger partial charge in [-0.05, 0) is 31.2 Å². The lowest BCUT2D eigenvalue weighted by Gasteiger charge is -2.08. The van der Waals surface area contributed by atoms with Crippen LogP contribution in [-0.2, 0) is 11.3 Å². The molecule has 3 aromatic rings. The molecule has 2 aromatic carbocycles. The van der Waals surface area contributed by atoms with Crippen LogP contribution in [0.2, 0.25) is 0 Å².